The van der Waals surface area contributed by atoms with E-state index in [1.807, 2.05) is 6.07 Å². The molecule has 3 rings (SSSR count). The van der Waals surface area contributed by atoms with E-state index in [2.05, 4.69) is 25.9 Å². The standard InChI is InChI=1S/C16H11N5O2/c1-2-8-22-11-3-4-12(13(10-11)23-9-5-17)14-20-15-16(21-14)19-7-6-18-15/h1,3-4,6-7,10H,8-9H2,(H,18,19,20,21). The molecule has 23 heavy (non-hydrogen) atoms. The zero-order valence-electron chi connectivity index (χ0n) is 12.0. The van der Waals surface area contributed by atoms with Crippen LogP contribution < -0.4 is 9.47 Å². The Hall–Kier alpha value is -3.58. The van der Waals surface area contributed by atoms with Gasteiger partial charge in [0.2, 0.25) is 0 Å². The number of aromatic amines is 1. The average Bonchev–Trinajstić information content (AvgIpc) is 3.02. The number of aromatic nitrogens is 4. The molecule has 0 amide bonds. The number of imidazole rings is 1. The molecule has 0 bridgehead atoms. The van der Waals surface area contributed by atoms with Gasteiger partial charge in [0.15, 0.2) is 17.9 Å². The number of H-pyrrole nitrogens is 1. The van der Waals surface area contributed by atoms with E-state index < -0.39 is 0 Å². The molecule has 0 unspecified atom stereocenters. The Labute approximate surface area is 131 Å². The smallest absolute Gasteiger partial charge is 0.197 e. The molecule has 0 spiro atoms. The third-order valence-electron chi connectivity index (χ3n) is 2.96. The second-order valence-corrected chi connectivity index (χ2v) is 4.41. The monoisotopic (exact) mass is 305 g/mol. The van der Waals surface area contributed by atoms with Crippen LogP contribution in [0.4, 0.5) is 0 Å². The van der Waals surface area contributed by atoms with Crippen LogP contribution in [0.5, 0.6) is 11.5 Å². The highest BCUT2D eigenvalue weighted by Gasteiger charge is 2.13. The third kappa shape index (κ3) is 3.04. The lowest BCUT2D eigenvalue weighted by atomic mass is 10.2. The Kier molecular flexibility index (Phi) is 4.03. The van der Waals surface area contributed by atoms with Crippen LogP contribution in [0.3, 0.4) is 0 Å². The first-order chi connectivity index (χ1) is 11.3. The molecule has 112 valence electrons. The van der Waals surface area contributed by atoms with Gasteiger partial charge < -0.3 is 14.5 Å². The van der Waals surface area contributed by atoms with Gasteiger partial charge in [0.05, 0.1) is 5.56 Å². The Morgan fingerprint density at radius 1 is 1.17 bits per heavy atom. The summed E-state index contributed by atoms with van der Waals surface area (Å²) in [6.45, 7) is 0.0534. The quantitative estimate of drug-likeness (QED) is 0.723. The van der Waals surface area contributed by atoms with Crippen molar-refractivity contribution in [3.05, 3.63) is 30.6 Å². The van der Waals surface area contributed by atoms with Gasteiger partial charge >= 0.3 is 0 Å². The molecule has 0 saturated carbocycles. The minimum Gasteiger partial charge on any atom is -0.481 e. The Morgan fingerprint density at radius 2 is 2.04 bits per heavy atom. The Balaban J connectivity index is 2.02. The highest BCUT2D eigenvalue weighted by atomic mass is 16.5. The van der Waals surface area contributed by atoms with Crippen LogP contribution in [0.2, 0.25) is 0 Å². The zero-order valence-corrected chi connectivity index (χ0v) is 12.0. The summed E-state index contributed by atoms with van der Waals surface area (Å²) in [5, 5.41) is 8.74. The summed E-state index contributed by atoms with van der Waals surface area (Å²) in [7, 11) is 0. The predicted octanol–water partition coefficient (Wildman–Crippen LogP) is 1.93. The number of terminal acetylenes is 1. The lowest BCUT2D eigenvalue weighted by molar-refractivity contribution is 0.351. The summed E-state index contributed by atoms with van der Waals surface area (Å²) in [6, 6.07) is 7.12. The van der Waals surface area contributed by atoms with Gasteiger partial charge in [-0.1, -0.05) is 5.92 Å². The van der Waals surface area contributed by atoms with E-state index in [1.165, 1.54) is 0 Å². The van der Waals surface area contributed by atoms with Crippen LogP contribution in [0.15, 0.2) is 30.6 Å². The van der Waals surface area contributed by atoms with E-state index in [-0.39, 0.29) is 13.2 Å². The SMILES string of the molecule is C#CCOc1ccc(-c2nc3nccnc3[nH]2)c(OCC#N)c1. The maximum Gasteiger partial charge on any atom is 0.197 e. The topological polar surface area (TPSA) is 96.7 Å². The molecule has 0 aliphatic rings. The maximum atomic E-state index is 8.74. The minimum absolute atomic E-state index is 0.0949. The van der Waals surface area contributed by atoms with Gasteiger partial charge in [0.25, 0.3) is 0 Å². The third-order valence-corrected chi connectivity index (χ3v) is 2.96. The number of rotatable bonds is 5. The van der Waals surface area contributed by atoms with Crippen molar-refractivity contribution in [3.63, 3.8) is 0 Å². The molecule has 0 aliphatic heterocycles. The molecular formula is C16H11N5O2. The van der Waals surface area contributed by atoms with Crippen molar-refractivity contribution in [3.8, 4) is 41.3 Å². The molecule has 0 radical (unpaired) electrons. The molecular weight excluding hydrogens is 294 g/mol. The lowest BCUT2D eigenvalue weighted by Gasteiger charge is -2.10. The molecule has 0 saturated heterocycles. The van der Waals surface area contributed by atoms with Crippen molar-refractivity contribution >= 4 is 11.3 Å². The Bertz CT molecular complexity index is 887. The molecule has 0 atom stereocenters. The van der Waals surface area contributed by atoms with Crippen molar-refractivity contribution in [1.29, 1.82) is 5.26 Å². The second-order valence-electron chi connectivity index (χ2n) is 4.41. The fourth-order valence-electron chi connectivity index (χ4n) is 2.02. The highest BCUT2D eigenvalue weighted by Crippen LogP contribution is 2.32. The first-order valence-electron chi connectivity index (χ1n) is 6.69. The lowest BCUT2D eigenvalue weighted by Crippen LogP contribution is -1.99. The molecule has 1 N–H and O–H groups in total. The number of benzene rings is 1. The summed E-state index contributed by atoms with van der Waals surface area (Å²) in [6.07, 6.45) is 8.32. The molecule has 2 heterocycles. The summed E-state index contributed by atoms with van der Waals surface area (Å²) < 4.78 is 10.8. The highest BCUT2D eigenvalue weighted by molar-refractivity contribution is 5.75. The van der Waals surface area contributed by atoms with Crippen molar-refractivity contribution in [2.75, 3.05) is 13.2 Å². The molecule has 7 nitrogen and oxygen atoms in total. The van der Waals surface area contributed by atoms with Crippen LogP contribution in [0.1, 0.15) is 0 Å². The number of fused-ring (bicyclic) bond motifs is 1. The fraction of sp³-hybridized carbons (Fsp3) is 0.125. The molecule has 7 heteroatoms. The second kappa shape index (κ2) is 6.46. The summed E-state index contributed by atoms with van der Waals surface area (Å²) >= 11 is 0. The van der Waals surface area contributed by atoms with Gasteiger partial charge in [-0.15, -0.1) is 6.42 Å². The predicted molar refractivity (Wildman–Crippen MR) is 82.6 cm³/mol. The van der Waals surface area contributed by atoms with Crippen LogP contribution in [0, 0.1) is 23.7 Å². The van der Waals surface area contributed by atoms with E-state index in [9.17, 15) is 0 Å². The largest absolute Gasteiger partial charge is 0.481 e. The van der Waals surface area contributed by atoms with Gasteiger partial charge in [0.1, 0.15) is 30.0 Å². The maximum absolute atomic E-state index is 8.74. The summed E-state index contributed by atoms with van der Waals surface area (Å²) in [4.78, 5) is 15.7. The first-order valence-corrected chi connectivity index (χ1v) is 6.69. The van der Waals surface area contributed by atoms with Gasteiger partial charge in [-0.2, -0.15) is 5.26 Å². The first kappa shape index (κ1) is 14.4. The number of hydrogen-bond acceptors (Lipinski definition) is 6. The summed E-state index contributed by atoms with van der Waals surface area (Å²) in [5.74, 6) is 3.94. The van der Waals surface area contributed by atoms with Crippen molar-refractivity contribution in [2.45, 2.75) is 0 Å². The molecule has 3 aromatic rings. The van der Waals surface area contributed by atoms with Gasteiger partial charge in [-0.25, -0.2) is 15.0 Å². The normalized spacial score (nSPS) is 10.0. The van der Waals surface area contributed by atoms with E-state index in [1.54, 1.807) is 30.6 Å². The van der Waals surface area contributed by atoms with Crippen LogP contribution >= 0.6 is 0 Å². The zero-order chi connectivity index (χ0) is 16.1. The van der Waals surface area contributed by atoms with Crippen molar-refractivity contribution < 1.29 is 9.47 Å². The number of nitriles is 1. The van der Waals surface area contributed by atoms with Crippen molar-refractivity contribution in [1.82, 2.24) is 19.9 Å². The molecule has 0 aliphatic carbocycles. The minimum atomic E-state index is -0.0949. The van der Waals surface area contributed by atoms with Gasteiger partial charge in [0, 0.05) is 18.5 Å². The number of ether oxygens (including phenoxy) is 2. The molecule has 0 fully saturated rings. The van der Waals surface area contributed by atoms with Crippen LogP contribution in [-0.4, -0.2) is 33.1 Å². The van der Waals surface area contributed by atoms with Crippen LogP contribution in [0.25, 0.3) is 22.7 Å². The van der Waals surface area contributed by atoms with Crippen molar-refractivity contribution in [2.24, 2.45) is 0 Å². The van der Waals surface area contributed by atoms with E-state index in [0.717, 1.165) is 0 Å². The van der Waals surface area contributed by atoms with E-state index in [4.69, 9.17) is 21.2 Å². The number of nitrogens with zero attached hydrogens (tertiary/aromatic N) is 4. The number of hydrogen-bond donors (Lipinski definition) is 1. The van der Waals surface area contributed by atoms with Gasteiger partial charge in [-0.3, -0.25) is 0 Å². The molecule has 2 aromatic heterocycles. The summed E-state index contributed by atoms with van der Waals surface area (Å²) in [5.41, 5.74) is 1.75. The Morgan fingerprint density at radius 3 is 2.83 bits per heavy atom. The average molecular weight is 305 g/mol. The van der Waals surface area contributed by atoms with Gasteiger partial charge in [-0.05, 0) is 12.1 Å². The van der Waals surface area contributed by atoms with E-state index in [0.29, 0.717) is 34.2 Å². The fourth-order valence-corrected chi connectivity index (χ4v) is 2.02. The van der Waals surface area contributed by atoms with E-state index >= 15 is 0 Å². The number of nitrogens with one attached hydrogen (secondary N) is 1. The van der Waals surface area contributed by atoms with Crippen LogP contribution in [-0.2, 0) is 0 Å². The molecule has 1 aromatic carbocycles.